The first-order chi connectivity index (χ1) is 18.9. The Hall–Kier alpha value is -3.26. The van der Waals surface area contributed by atoms with Gasteiger partial charge in [0.2, 0.25) is 5.91 Å². The fraction of sp³-hybridized carbons (Fsp3) is 0.419. The Morgan fingerprint density at radius 1 is 1.03 bits per heavy atom. The molecule has 1 saturated carbocycles. The number of ether oxygens (including phenoxy) is 1. The van der Waals surface area contributed by atoms with E-state index in [0.717, 1.165) is 42.4 Å². The summed E-state index contributed by atoms with van der Waals surface area (Å²) >= 11 is 3.51. The van der Waals surface area contributed by atoms with E-state index in [9.17, 15) is 9.59 Å². The molecule has 0 spiro atoms. The molecule has 7 nitrogen and oxygen atoms in total. The van der Waals surface area contributed by atoms with Gasteiger partial charge < -0.3 is 24.4 Å². The first kappa shape index (κ1) is 28.7. The van der Waals surface area contributed by atoms with Crippen molar-refractivity contribution in [2.24, 2.45) is 0 Å². The van der Waals surface area contributed by atoms with Crippen molar-refractivity contribution in [1.82, 2.24) is 14.4 Å². The molecular formula is C31H39BrN4O3. The second-order valence-electron chi connectivity index (χ2n) is 10.4. The van der Waals surface area contributed by atoms with Crippen LogP contribution in [0.25, 0.3) is 0 Å². The molecule has 4 rings (SSSR count). The summed E-state index contributed by atoms with van der Waals surface area (Å²) in [6.45, 7) is 5.14. The van der Waals surface area contributed by atoms with Gasteiger partial charge in [0.1, 0.15) is 12.3 Å². The number of anilines is 1. The summed E-state index contributed by atoms with van der Waals surface area (Å²) < 4.78 is 8.65. The largest absolute Gasteiger partial charge is 0.495 e. The van der Waals surface area contributed by atoms with Gasteiger partial charge in [0.05, 0.1) is 19.3 Å². The number of hydrogen-bond acceptors (Lipinski definition) is 3. The normalized spacial score (nSPS) is 13.8. The molecule has 208 valence electrons. The number of carbonyl (C=O) groups excluding carboxylic acids is 2. The van der Waals surface area contributed by atoms with Crippen molar-refractivity contribution in [3.63, 3.8) is 0 Å². The van der Waals surface area contributed by atoms with Gasteiger partial charge in [0, 0.05) is 35.0 Å². The van der Waals surface area contributed by atoms with Gasteiger partial charge in [-0.15, -0.1) is 0 Å². The third-order valence-electron chi connectivity index (χ3n) is 7.40. The number of urea groups is 1. The van der Waals surface area contributed by atoms with Gasteiger partial charge in [0.15, 0.2) is 0 Å². The number of amides is 3. The zero-order valence-electron chi connectivity index (χ0n) is 23.1. The fourth-order valence-corrected chi connectivity index (χ4v) is 5.45. The van der Waals surface area contributed by atoms with Crippen LogP contribution in [-0.4, -0.2) is 52.0 Å². The topological polar surface area (TPSA) is 66.8 Å². The molecule has 1 aliphatic rings. The van der Waals surface area contributed by atoms with Crippen LogP contribution in [-0.2, 0) is 17.9 Å². The van der Waals surface area contributed by atoms with Crippen LogP contribution >= 0.6 is 15.9 Å². The quantitative estimate of drug-likeness (QED) is 0.277. The minimum atomic E-state index is -0.315. The molecule has 1 fully saturated rings. The SMILES string of the molecule is COc1ccccc1NC(=O)N(CC(=O)N(Cc1cccn1Cc1ccc(Br)cc1)C1CCCCC1)C(C)C. The number of rotatable bonds is 10. The van der Waals surface area contributed by atoms with E-state index >= 15 is 0 Å². The van der Waals surface area contributed by atoms with Gasteiger partial charge in [-0.25, -0.2) is 4.79 Å². The summed E-state index contributed by atoms with van der Waals surface area (Å²) in [6.07, 6.45) is 7.51. The van der Waals surface area contributed by atoms with Crippen LogP contribution in [0.4, 0.5) is 10.5 Å². The van der Waals surface area contributed by atoms with Gasteiger partial charge in [-0.3, -0.25) is 4.79 Å². The number of para-hydroxylation sites is 2. The van der Waals surface area contributed by atoms with Gasteiger partial charge in [-0.1, -0.05) is 59.5 Å². The highest BCUT2D eigenvalue weighted by molar-refractivity contribution is 9.10. The number of aromatic nitrogens is 1. The maximum Gasteiger partial charge on any atom is 0.322 e. The summed E-state index contributed by atoms with van der Waals surface area (Å²) in [5, 5.41) is 2.94. The predicted octanol–water partition coefficient (Wildman–Crippen LogP) is 6.91. The van der Waals surface area contributed by atoms with Crippen LogP contribution in [0.5, 0.6) is 5.75 Å². The zero-order chi connectivity index (χ0) is 27.8. The van der Waals surface area contributed by atoms with Crippen LogP contribution < -0.4 is 10.1 Å². The van der Waals surface area contributed by atoms with Gasteiger partial charge in [0.25, 0.3) is 0 Å². The summed E-state index contributed by atoms with van der Waals surface area (Å²) in [7, 11) is 1.57. The van der Waals surface area contributed by atoms with Crippen molar-refractivity contribution < 1.29 is 14.3 Å². The van der Waals surface area contributed by atoms with Crippen LogP contribution in [0, 0.1) is 0 Å². The molecule has 2 aromatic carbocycles. The van der Waals surface area contributed by atoms with Crippen molar-refractivity contribution >= 4 is 33.6 Å². The lowest BCUT2D eigenvalue weighted by Crippen LogP contribution is -2.50. The van der Waals surface area contributed by atoms with Crippen LogP contribution in [0.3, 0.4) is 0 Å². The Kier molecular flexibility index (Phi) is 10.1. The van der Waals surface area contributed by atoms with E-state index in [1.807, 2.05) is 49.1 Å². The van der Waals surface area contributed by atoms with Crippen molar-refractivity contribution in [2.45, 2.75) is 71.1 Å². The Labute approximate surface area is 240 Å². The molecule has 1 heterocycles. The monoisotopic (exact) mass is 594 g/mol. The molecule has 0 saturated heterocycles. The maximum atomic E-state index is 13.9. The second-order valence-corrected chi connectivity index (χ2v) is 11.3. The van der Waals surface area contributed by atoms with Crippen LogP contribution in [0.1, 0.15) is 57.2 Å². The molecular weight excluding hydrogens is 556 g/mol. The van der Waals surface area contributed by atoms with E-state index in [2.05, 4.69) is 50.2 Å². The maximum absolute atomic E-state index is 13.9. The lowest BCUT2D eigenvalue weighted by atomic mass is 9.94. The molecule has 0 unspecified atom stereocenters. The third-order valence-corrected chi connectivity index (χ3v) is 7.92. The molecule has 1 aliphatic carbocycles. The molecule has 0 atom stereocenters. The average molecular weight is 596 g/mol. The van der Waals surface area contributed by atoms with E-state index in [-0.39, 0.29) is 30.6 Å². The standard InChI is InChI=1S/C31H39BrN4O3/c1-23(2)35(31(38)33-28-13-7-8-14-29(28)39-3)22-30(37)36(26-10-5-4-6-11-26)21-27-12-9-19-34(27)20-24-15-17-25(32)18-16-24/h7-9,12-19,23,26H,4-6,10-11,20-22H2,1-3H3,(H,33,38). The van der Waals surface area contributed by atoms with Crippen LogP contribution in [0.15, 0.2) is 71.3 Å². The average Bonchev–Trinajstić information content (AvgIpc) is 3.38. The number of halogens is 1. The van der Waals surface area contributed by atoms with E-state index in [1.54, 1.807) is 24.1 Å². The predicted molar refractivity (Wildman–Crippen MR) is 159 cm³/mol. The van der Waals surface area contributed by atoms with E-state index in [0.29, 0.717) is 18.0 Å². The minimum Gasteiger partial charge on any atom is -0.495 e. The van der Waals surface area contributed by atoms with Crippen molar-refractivity contribution in [3.8, 4) is 5.75 Å². The van der Waals surface area contributed by atoms with Gasteiger partial charge in [-0.05, 0) is 68.7 Å². The van der Waals surface area contributed by atoms with E-state index in [4.69, 9.17) is 4.74 Å². The number of carbonyl (C=O) groups is 2. The molecule has 0 radical (unpaired) electrons. The second kappa shape index (κ2) is 13.7. The van der Waals surface area contributed by atoms with Gasteiger partial charge >= 0.3 is 6.03 Å². The summed E-state index contributed by atoms with van der Waals surface area (Å²) in [4.78, 5) is 30.9. The lowest BCUT2D eigenvalue weighted by Gasteiger charge is -2.37. The van der Waals surface area contributed by atoms with Crippen molar-refractivity contribution in [3.05, 3.63) is 82.6 Å². The Bertz CT molecular complexity index is 1230. The van der Waals surface area contributed by atoms with Crippen molar-refractivity contribution in [2.75, 3.05) is 19.0 Å². The number of nitrogens with zero attached hydrogens (tertiary/aromatic N) is 3. The summed E-state index contributed by atoms with van der Waals surface area (Å²) in [5.41, 5.74) is 2.87. The van der Waals surface area contributed by atoms with E-state index < -0.39 is 0 Å². The highest BCUT2D eigenvalue weighted by atomic mass is 79.9. The number of nitrogens with one attached hydrogen (secondary N) is 1. The molecule has 3 amide bonds. The molecule has 1 aromatic heterocycles. The highest BCUT2D eigenvalue weighted by Crippen LogP contribution is 2.26. The zero-order valence-corrected chi connectivity index (χ0v) is 24.7. The molecule has 39 heavy (non-hydrogen) atoms. The molecule has 3 aromatic rings. The Morgan fingerprint density at radius 2 is 1.74 bits per heavy atom. The number of methoxy groups -OCH3 is 1. The molecule has 8 heteroatoms. The Balaban J connectivity index is 1.52. The smallest absolute Gasteiger partial charge is 0.322 e. The molecule has 0 aliphatic heterocycles. The first-order valence-corrected chi connectivity index (χ1v) is 14.5. The first-order valence-electron chi connectivity index (χ1n) is 13.7. The van der Waals surface area contributed by atoms with E-state index in [1.165, 1.54) is 12.0 Å². The Morgan fingerprint density at radius 3 is 2.44 bits per heavy atom. The lowest BCUT2D eigenvalue weighted by molar-refractivity contribution is -0.136. The minimum absolute atomic E-state index is 0.0164. The molecule has 0 bridgehead atoms. The summed E-state index contributed by atoms with van der Waals surface area (Å²) in [5.74, 6) is 0.554. The molecule has 1 N–H and O–H groups in total. The van der Waals surface area contributed by atoms with Crippen LogP contribution in [0.2, 0.25) is 0 Å². The highest BCUT2D eigenvalue weighted by Gasteiger charge is 2.30. The number of hydrogen-bond donors (Lipinski definition) is 1. The van der Waals surface area contributed by atoms with Crippen molar-refractivity contribution in [1.29, 1.82) is 0 Å². The van der Waals surface area contributed by atoms with Gasteiger partial charge in [-0.2, -0.15) is 0 Å². The summed E-state index contributed by atoms with van der Waals surface area (Å²) in [6, 6.07) is 19.5. The third kappa shape index (κ3) is 7.66. The number of benzene rings is 2. The fourth-order valence-electron chi connectivity index (χ4n) is 5.18.